The maximum atomic E-state index is 12.5. The maximum Gasteiger partial charge on any atom is 0.338 e. The van der Waals surface area contributed by atoms with Crippen molar-refractivity contribution < 1.29 is 14.3 Å². The zero-order chi connectivity index (χ0) is 19.6. The first kappa shape index (κ1) is 19.3. The molecule has 1 saturated carbocycles. The molecule has 146 valence electrons. The van der Waals surface area contributed by atoms with Crippen LogP contribution in [0.3, 0.4) is 0 Å². The highest BCUT2D eigenvalue weighted by molar-refractivity contribution is 5.95. The molecule has 0 unspecified atom stereocenters. The molecule has 1 aliphatic carbocycles. The molecular weight excluding hydrogens is 344 g/mol. The second-order valence-electron chi connectivity index (χ2n) is 7.54. The van der Waals surface area contributed by atoms with Crippen LogP contribution in [0.25, 0.3) is 11.0 Å². The summed E-state index contributed by atoms with van der Waals surface area (Å²) in [4.78, 5) is 24.9. The molecule has 2 aromatic rings. The van der Waals surface area contributed by atoms with Crippen molar-refractivity contribution >= 4 is 22.9 Å². The molecule has 1 fully saturated rings. The van der Waals surface area contributed by atoms with Crippen LogP contribution in [0.4, 0.5) is 0 Å². The second-order valence-corrected chi connectivity index (χ2v) is 7.54. The van der Waals surface area contributed by atoms with Gasteiger partial charge in [-0.2, -0.15) is 0 Å². The molecule has 7 heteroatoms. The number of aromatic nitrogens is 3. The van der Waals surface area contributed by atoms with Gasteiger partial charge in [-0.25, -0.2) is 9.48 Å². The van der Waals surface area contributed by atoms with Crippen LogP contribution in [-0.4, -0.2) is 39.0 Å². The summed E-state index contributed by atoms with van der Waals surface area (Å²) in [6.45, 7) is 8.68. The fourth-order valence-corrected chi connectivity index (χ4v) is 3.70. The van der Waals surface area contributed by atoms with Gasteiger partial charge >= 0.3 is 5.97 Å². The molecule has 1 aromatic heterocycles. The number of benzene rings is 1. The normalized spacial score (nSPS) is 23.8. The standard InChI is InChI=1S/C20H28N4O3/c1-5-24-18-10-9-15(11-17(18)22-23-24)20(26)27-14(4)19(25)21-16-8-6-7-12(2)13(16)3/h9-14,16H,5-8H2,1-4H3,(H,21,25)/t12-,13-,14-,16-/m0/s1. The van der Waals surface area contributed by atoms with Crippen molar-refractivity contribution in [3.63, 3.8) is 0 Å². The SMILES string of the molecule is CCn1nnc2cc(C(=O)O[C@@H](C)C(=O)N[C@H]3CCC[C@H](C)[C@@H]3C)ccc21. The Bertz CT molecular complexity index is 832. The minimum Gasteiger partial charge on any atom is -0.449 e. The zero-order valence-electron chi connectivity index (χ0n) is 16.4. The fourth-order valence-electron chi connectivity index (χ4n) is 3.70. The van der Waals surface area contributed by atoms with Gasteiger partial charge in [0.2, 0.25) is 0 Å². The molecule has 0 aliphatic heterocycles. The van der Waals surface area contributed by atoms with E-state index in [4.69, 9.17) is 4.74 Å². The number of aryl methyl sites for hydroxylation is 1. The predicted molar refractivity (Wildman–Crippen MR) is 102 cm³/mol. The molecule has 1 amide bonds. The van der Waals surface area contributed by atoms with Crippen LogP contribution in [0.5, 0.6) is 0 Å². The second kappa shape index (κ2) is 8.06. The maximum absolute atomic E-state index is 12.5. The van der Waals surface area contributed by atoms with Crippen LogP contribution in [0.2, 0.25) is 0 Å². The molecule has 1 aliphatic rings. The molecule has 3 rings (SSSR count). The number of esters is 1. The number of ether oxygens (including phenoxy) is 1. The van der Waals surface area contributed by atoms with E-state index in [2.05, 4.69) is 29.5 Å². The Hall–Kier alpha value is -2.44. The number of hydrogen-bond acceptors (Lipinski definition) is 5. The summed E-state index contributed by atoms with van der Waals surface area (Å²) >= 11 is 0. The first-order valence-electron chi connectivity index (χ1n) is 9.75. The highest BCUT2D eigenvalue weighted by Gasteiger charge is 2.30. The van der Waals surface area contributed by atoms with E-state index in [1.165, 1.54) is 6.42 Å². The zero-order valence-corrected chi connectivity index (χ0v) is 16.4. The van der Waals surface area contributed by atoms with Crippen LogP contribution in [-0.2, 0) is 16.1 Å². The van der Waals surface area contributed by atoms with Gasteiger partial charge in [0.1, 0.15) is 5.52 Å². The number of carbonyl (C=O) groups excluding carboxylic acids is 2. The van der Waals surface area contributed by atoms with E-state index in [9.17, 15) is 9.59 Å². The Balaban J connectivity index is 1.62. The Morgan fingerprint density at radius 1 is 1.33 bits per heavy atom. The number of fused-ring (bicyclic) bond motifs is 1. The van der Waals surface area contributed by atoms with E-state index < -0.39 is 12.1 Å². The minimum absolute atomic E-state index is 0.142. The first-order chi connectivity index (χ1) is 12.9. The summed E-state index contributed by atoms with van der Waals surface area (Å²) in [6.07, 6.45) is 2.44. The average molecular weight is 372 g/mol. The minimum atomic E-state index is -0.844. The van der Waals surface area contributed by atoms with E-state index in [0.717, 1.165) is 18.4 Å². The topological polar surface area (TPSA) is 86.1 Å². The molecular formula is C20H28N4O3. The van der Waals surface area contributed by atoms with Gasteiger partial charge in [-0.1, -0.05) is 31.9 Å². The van der Waals surface area contributed by atoms with Crippen molar-refractivity contribution in [2.75, 3.05) is 0 Å². The largest absolute Gasteiger partial charge is 0.449 e. The van der Waals surface area contributed by atoms with Gasteiger partial charge in [-0.15, -0.1) is 5.10 Å². The van der Waals surface area contributed by atoms with Crippen LogP contribution in [0.1, 0.15) is 57.3 Å². The molecule has 1 aromatic carbocycles. The van der Waals surface area contributed by atoms with Gasteiger partial charge in [0, 0.05) is 12.6 Å². The molecule has 7 nitrogen and oxygen atoms in total. The quantitative estimate of drug-likeness (QED) is 0.816. The average Bonchev–Trinajstić information content (AvgIpc) is 3.07. The summed E-state index contributed by atoms with van der Waals surface area (Å²) in [7, 11) is 0. The van der Waals surface area contributed by atoms with E-state index in [1.54, 1.807) is 29.8 Å². The molecule has 1 heterocycles. The number of amides is 1. The molecule has 0 spiro atoms. The predicted octanol–water partition coefficient (Wildman–Crippen LogP) is 2.94. The van der Waals surface area contributed by atoms with Gasteiger partial charge < -0.3 is 10.1 Å². The molecule has 0 bridgehead atoms. The van der Waals surface area contributed by atoms with E-state index in [0.29, 0.717) is 29.5 Å². The van der Waals surface area contributed by atoms with Crippen molar-refractivity contribution in [2.24, 2.45) is 11.8 Å². The molecule has 0 saturated heterocycles. The Morgan fingerprint density at radius 2 is 2.11 bits per heavy atom. The lowest BCUT2D eigenvalue weighted by Crippen LogP contribution is -2.47. The monoisotopic (exact) mass is 372 g/mol. The van der Waals surface area contributed by atoms with Crippen LogP contribution < -0.4 is 5.32 Å². The Morgan fingerprint density at radius 3 is 2.85 bits per heavy atom. The highest BCUT2D eigenvalue weighted by Crippen LogP contribution is 2.29. The summed E-state index contributed by atoms with van der Waals surface area (Å²) in [6, 6.07) is 5.26. The van der Waals surface area contributed by atoms with Crippen molar-refractivity contribution in [3.05, 3.63) is 23.8 Å². The highest BCUT2D eigenvalue weighted by atomic mass is 16.5. The molecule has 4 atom stereocenters. The van der Waals surface area contributed by atoms with E-state index in [1.807, 2.05) is 6.92 Å². The lowest BCUT2D eigenvalue weighted by molar-refractivity contribution is -0.130. The molecule has 27 heavy (non-hydrogen) atoms. The molecule has 0 radical (unpaired) electrons. The number of nitrogens with one attached hydrogen (secondary N) is 1. The number of carbonyl (C=O) groups is 2. The summed E-state index contributed by atoms with van der Waals surface area (Å²) in [5.74, 6) is 0.238. The van der Waals surface area contributed by atoms with Gasteiger partial charge in [0.05, 0.1) is 11.1 Å². The van der Waals surface area contributed by atoms with Crippen molar-refractivity contribution in [2.45, 2.75) is 65.6 Å². The lowest BCUT2D eigenvalue weighted by Gasteiger charge is -2.35. The smallest absolute Gasteiger partial charge is 0.338 e. The summed E-state index contributed by atoms with van der Waals surface area (Å²) < 4.78 is 7.13. The van der Waals surface area contributed by atoms with Crippen molar-refractivity contribution in [1.82, 2.24) is 20.3 Å². The van der Waals surface area contributed by atoms with E-state index >= 15 is 0 Å². The van der Waals surface area contributed by atoms with Gasteiger partial charge in [-0.05, 0) is 50.3 Å². The first-order valence-corrected chi connectivity index (χ1v) is 9.75. The number of rotatable bonds is 5. The number of hydrogen-bond donors (Lipinski definition) is 1. The third-order valence-electron chi connectivity index (χ3n) is 5.74. The van der Waals surface area contributed by atoms with Crippen molar-refractivity contribution in [3.8, 4) is 0 Å². The van der Waals surface area contributed by atoms with Crippen molar-refractivity contribution in [1.29, 1.82) is 0 Å². The third kappa shape index (κ3) is 4.12. The van der Waals surface area contributed by atoms with Gasteiger partial charge in [0.15, 0.2) is 6.10 Å². The summed E-state index contributed by atoms with van der Waals surface area (Å²) in [5.41, 5.74) is 1.86. The van der Waals surface area contributed by atoms with Crippen LogP contribution in [0, 0.1) is 11.8 Å². The molecule has 1 N–H and O–H groups in total. The van der Waals surface area contributed by atoms with Gasteiger partial charge in [-0.3, -0.25) is 4.79 Å². The Labute approximate surface area is 159 Å². The van der Waals surface area contributed by atoms with E-state index in [-0.39, 0.29) is 11.9 Å². The Kier molecular flexibility index (Phi) is 5.77. The fraction of sp³-hybridized carbons (Fsp3) is 0.600. The summed E-state index contributed by atoms with van der Waals surface area (Å²) in [5, 5.41) is 11.2. The number of nitrogens with zero attached hydrogens (tertiary/aromatic N) is 3. The van der Waals surface area contributed by atoms with Crippen LogP contribution >= 0.6 is 0 Å². The van der Waals surface area contributed by atoms with Gasteiger partial charge in [0.25, 0.3) is 5.91 Å². The van der Waals surface area contributed by atoms with Crippen LogP contribution in [0.15, 0.2) is 18.2 Å². The third-order valence-corrected chi connectivity index (χ3v) is 5.74. The lowest BCUT2D eigenvalue weighted by atomic mass is 9.78.